The van der Waals surface area contributed by atoms with Gasteiger partial charge in [-0.1, -0.05) is 32.0 Å². The van der Waals surface area contributed by atoms with Crippen LogP contribution in [-0.2, 0) is 4.79 Å². The number of nitrogens with one attached hydrogen (secondary N) is 1. The van der Waals surface area contributed by atoms with Gasteiger partial charge in [0.05, 0.1) is 0 Å². The number of benzene rings is 1. The summed E-state index contributed by atoms with van der Waals surface area (Å²) in [6.45, 7) is 8.40. The number of amides is 1. The van der Waals surface area contributed by atoms with Gasteiger partial charge in [0.1, 0.15) is 5.75 Å². The fraction of sp³-hybridized carbons (Fsp3) is 0.533. The fourth-order valence-corrected chi connectivity index (χ4v) is 1.66. The van der Waals surface area contributed by atoms with Crippen LogP contribution in [0.1, 0.15) is 39.3 Å². The van der Waals surface area contributed by atoms with E-state index in [0.29, 0.717) is 18.2 Å². The molecule has 0 heterocycles. The molecule has 0 aliphatic carbocycles. The normalized spacial score (nSPS) is 14.0. The van der Waals surface area contributed by atoms with E-state index >= 15 is 0 Å². The molecule has 1 rings (SSSR count). The van der Waals surface area contributed by atoms with Crippen molar-refractivity contribution in [2.24, 2.45) is 11.7 Å². The van der Waals surface area contributed by atoms with Gasteiger partial charge in [0.25, 0.3) is 5.91 Å². The molecule has 1 aromatic carbocycles. The molecular weight excluding hydrogens is 240 g/mol. The number of hydrogen-bond acceptors (Lipinski definition) is 3. The lowest BCUT2D eigenvalue weighted by molar-refractivity contribution is -0.127. The third kappa shape index (κ3) is 4.91. The van der Waals surface area contributed by atoms with Crippen molar-refractivity contribution in [3.8, 4) is 5.75 Å². The molecule has 3 N–H and O–H groups in total. The molecule has 4 heteroatoms. The van der Waals surface area contributed by atoms with Gasteiger partial charge in [-0.3, -0.25) is 4.79 Å². The Balaban J connectivity index is 2.66. The minimum atomic E-state index is -0.529. The van der Waals surface area contributed by atoms with Crippen LogP contribution >= 0.6 is 0 Å². The molecule has 0 saturated heterocycles. The number of ether oxygens (including phenoxy) is 1. The van der Waals surface area contributed by atoms with Gasteiger partial charge in [0.15, 0.2) is 6.10 Å². The number of hydrogen-bond donors (Lipinski definition) is 2. The Kier molecular flexibility index (Phi) is 5.83. The third-order valence-electron chi connectivity index (χ3n) is 2.77. The molecule has 0 radical (unpaired) electrons. The van der Waals surface area contributed by atoms with Crippen molar-refractivity contribution in [2.45, 2.75) is 39.8 Å². The van der Waals surface area contributed by atoms with E-state index in [1.54, 1.807) is 6.92 Å². The number of carbonyl (C=O) groups excluding carboxylic acids is 1. The Morgan fingerprint density at radius 2 is 1.89 bits per heavy atom. The SMILES string of the molecule is CC(C)CNC(=O)C(C)Oc1ccccc1C(C)N. The maximum Gasteiger partial charge on any atom is 0.260 e. The predicted octanol–water partition coefficient (Wildman–Crippen LogP) is 2.25. The van der Waals surface area contributed by atoms with Crippen LogP contribution in [0.25, 0.3) is 0 Å². The summed E-state index contributed by atoms with van der Waals surface area (Å²) in [7, 11) is 0. The van der Waals surface area contributed by atoms with Gasteiger partial charge in [-0.2, -0.15) is 0 Å². The van der Waals surface area contributed by atoms with Crippen LogP contribution in [0, 0.1) is 5.92 Å². The maximum absolute atomic E-state index is 11.9. The van der Waals surface area contributed by atoms with Gasteiger partial charge in [-0.25, -0.2) is 0 Å². The largest absolute Gasteiger partial charge is 0.481 e. The zero-order valence-corrected chi connectivity index (χ0v) is 12.1. The first-order valence-corrected chi connectivity index (χ1v) is 6.70. The Morgan fingerprint density at radius 3 is 2.47 bits per heavy atom. The predicted molar refractivity (Wildman–Crippen MR) is 77.0 cm³/mol. The van der Waals surface area contributed by atoms with Crippen LogP contribution in [0.3, 0.4) is 0 Å². The van der Waals surface area contributed by atoms with Crippen molar-refractivity contribution in [1.82, 2.24) is 5.32 Å². The van der Waals surface area contributed by atoms with E-state index in [1.165, 1.54) is 0 Å². The lowest BCUT2D eigenvalue weighted by Crippen LogP contribution is -2.38. The second-order valence-corrected chi connectivity index (χ2v) is 5.23. The highest BCUT2D eigenvalue weighted by Crippen LogP contribution is 2.24. The zero-order valence-electron chi connectivity index (χ0n) is 12.1. The summed E-state index contributed by atoms with van der Waals surface area (Å²) in [5, 5.41) is 2.86. The van der Waals surface area contributed by atoms with E-state index in [0.717, 1.165) is 5.56 Å². The second-order valence-electron chi connectivity index (χ2n) is 5.23. The van der Waals surface area contributed by atoms with Crippen molar-refractivity contribution >= 4 is 5.91 Å². The molecule has 0 saturated carbocycles. The van der Waals surface area contributed by atoms with Gasteiger partial charge < -0.3 is 15.8 Å². The number of carbonyl (C=O) groups is 1. The smallest absolute Gasteiger partial charge is 0.260 e. The number of para-hydroxylation sites is 1. The molecule has 4 nitrogen and oxygen atoms in total. The van der Waals surface area contributed by atoms with E-state index < -0.39 is 6.10 Å². The van der Waals surface area contributed by atoms with Crippen molar-refractivity contribution in [2.75, 3.05) is 6.54 Å². The molecule has 2 atom stereocenters. The Bertz CT molecular complexity index is 416. The summed E-state index contributed by atoms with van der Waals surface area (Å²) in [6.07, 6.45) is -0.529. The number of nitrogens with two attached hydrogens (primary N) is 1. The summed E-state index contributed by atoms with van der Waals surface area (Å²) in [5.74, 6) is 0.991. The molecule has 1 aromatic rings. The topological polar surface area (TPSA) is 64.3 Å². The standard InChI is InChI=1S/C15H24N2O2/c1-10(2)9-17-15(18)12(4)19-14-8-6-5-7-13(14)11(3)16/h5-8,10-12H,9,16H2,1-4H3,(H,17,18). The Hall–Kier alpha value is -1.55. The quantitative estimate of drug-likeness (QED) is 0.828. The monoisotopic (exact) mass is 264 g/mol. The number of rotatable bonds is 6. The average Bonchev–Trinajstić information content (AvgIpc) is 2.36. The van der Waals surface area contributed by atoms with E-state index in [2.05, 4.69) is 19.2 Å². The molecular formula is C15H24N2O2. The summed E-state index contributed by atoms with van der Waals surface area (Å²) in [4.78, 5) is 11.9. The molecule has 0 aromatic heterocycles. The minimum absolute atomic E-state index is 0.104. The van der Waals surface area contributed by atoms with Gasteiger partial charge in [0.2, 0.25) is 0 Å². The average molecular weight is 264 g/mol. The first-order valence-electron chi connectivity index (χ1n) is 6.70. The van der Waals surface area contributed by atoms with Crippen LogP contribution in [0.4, 0.5) is 0 Å². The second kappa shape index (κ2) is 7.14. The molecule has 2 unspecified atom stereocenters. The van der Waals surface area contributed by atoms with Crippen LogP contribution in [0.5, 0.6) is 5.75 Å². The Morgan fingerprint density at radius 1 is 1.26 bits per heavy atom. The summed E-state index contributed by atoms with van der Waals surface area (Å²) < 4.78 is 5.71. The molecule has 0 spiro atoms. The van der Waals surface area contributed by atoms with Crippen LogP contribution in [0.15, 0.2) is 24.3 Å². The lowest BCUT2D eigenvalue weighted by atomic mass is 10.1. The van der Waals surface area contributed by atoms with Gasteiger partial charge >= 0.3 is 0 Å². The van der Waals surface area contributed by atoms with Crippen molar-refractivity contribution in [3.63, 3.8) is 0 Å². The molecule has 19 heavy (non-hydrogen) atoms. The van der Waals surface area contributed by atoms with Crippen molar-refractivity contribution in [1.29, 1.82) is 0 Å². The highest BCUT2D eigenvalue weighted by Gasteiger charge is 2.17. The third-order valence-corrected chi connectivity index (χ3v) is 2.77. The molecule has 0 aliphatic heterocycles. The van der Waals surface area contributed by atoms with Crippen molar-refractivity contribution < 1.29 is 9.53 Å². The first kappa shape index (κ1) is 15.5. The lowest BCUT2D eigenvalue weighted by Gasteiger charge is -2.19. The van der Waals surface area contributed by atoms with Crippen molar-refractivity contribution in [3.05, 3.63) is 29.8 Å². The summed E-state index contributed by atoms with van der Waals surface area (Å²) in [6, 6.07) is 7.42. The van der Waals surface area contributed by atoms with Crippen LogP contribution in [0.2, 0.25) is 0 Å². The summed E-state index contributed by atoms with van der Waals surface area (Å²) >= 11 is 0. The fourth-order valence-electron chi connectivity index (χ4n) is 1.66. The van der Waals surface area contributed by atoms with Gasteiger partial charge in [-0.05, 0) is 25.8 Å². The molecule has 0 fully saturated rings. The zero-order chi connectivity index (χ0) is 14.4. The van der Waals surface area contributed by atoms with E-state index in [-0.39, 0.29) is 11.9 Å². The molecule has 106 valence electrons. The van der Waals surface area contributed by atoms with Gasteiger partial charge in [0, 0.05) is 18.2 Å². The highest BCUT2D eigenvalue weighted by molar-refractivity contribution is 5.80. The van der Waals surface area contributed by atoms with E-state index in [1.807, 2.05) is 31.2 Å². The van der Waals surface area contributed by atoms with E-state index in [4.69, 9.17) is 10.5 Å². The maximum atomic E-state index is 11.9. The van der Waals surface area contributed by atoms with Gasteiger partial charge in [-0.15, -0.1) is 0 Å². The van der Waals surface area contributed by atoms with Crippen LogP contribution < -0.4 is 15.8 Å². The molecule has 0 aliphatic rings. The van der Waals surface area contributed by atoms with E-state index in [9.17, 15) is 4.79 Å². The first-order chi connectivity index (χ1) is 8.91. The molecule has 0 bridgehead atoms. The summed E-state index contributed by atoms with van der Waals surface area (Å²) in [5.41, 5.74) is 6.79. The highest BCUT2D eigenvalue weighted by atomic mass is 16.5. The molecule has 1 amide bonds. The van der Waals surface area contributed by atoms with Crippen LogP contribution in [-0.4, -0.2) is 18.6 Å². The Labute approximate surface area is 115 Å². The minimum Gasteiger partial charge on any atom is -0.481 e.